The van der Waals surface area contributed by atoms with Crippen molar-refractivity contribution in [2.24, 2.45) is 11.7 Å². The van der Waals surface area contributed by atoms with E-state index in [4.69, 9.17) is 5.73 Å². The Morgan fingerprint density at radius 2 is 2.18 bits per heavy atom. The molecule has 1 aromatic heterocycles. The molecule has 17 heavy (non-hydrogen) atoms. The lowest BCUT2D eigenvalue weighted by Crippen LogP contribution is -2.29. The summed E-state index contributed by atoms with van der Waals surface area (Å²) >= 11 is 0. The Labute approximate surface area is 101 Å². The van der Waals surface area contributed by atoms with Crippen molar-refractivity contribution in [2.45, 2.75) is 38.6 Å². The van der Waals surface area contributed by atoms with E-state index in [0.717, 1.165) is 32.2 Å². The maximum atomic E-state index is 11.3. The van der Waals surface area contributed by atoms with E-state index in [1.165, 1.54) is 6.07 Å². The molecule has 5 heteroatoms. The third-order valence-electron chi connectivity index (χ3n) is 3.32. The SMILES string of the molecule is Cc1nc(NCC2CCC(N)CC2)cc(=O)[nH]1. The predicted octanol–water partition coefficient (Wildman–Crippen LogP) is 1.01. The Morgan fingerprint density at radius 3 is 2.82 bits per heavy atom. The van der Waals surface area contributed by atoms with E-state index in [9.17, 15) is 4.79 Å². The fourth-order valence-electron chi connectivity index (χ4n) is 2.31. The van der Waals surface area contributed by atoms with Gasteiger partial charge < -0.3 is 16.0 Å². The molecule has 0 aromatic carbocycles. The van der Waals surface area contributed by atoms with Crippen LogP contribution < -0.4 is 16.6 Å². The van der Waals surface area contributed by atoms with Crippen molar-refractivity contribution >= 4 is 5.82 Å². The van der Waals surface area contributed by atoms with Crippen LogP contribution in [0.4, 0.5) is 5.82 Å². The number of aromatic nitrogens is 2. The van der Waals surface area contributed by atoms with Crippen LogP contribution in [0.5, 0.6) is 0 Å². The molecule has 1 saturated carbocycles. The molecule has 4 N–H and O–H groups in total. The molecule has 1 aliphatic carbocycles. The van der Waals surface area contributed by atoms with Crippen LogP contribution in [0, 0.1) is 12.8 Å². The topological polar surface area (TPSA) is 83.8 Å². The van der Waals surface area contributed by atoms with Crippen molar-refractivity contribution in [3.63, 3.8) is 0 Å². The summed E-state index contributed by atoms with van der Waals surface area (Å²) in [7, 11) is 0. The first-order valence-corrected chi connectivity index (χ1v) is 6.21. The first kappa shape index (κ1) is 12.1. The van der Waals surface area contributed by atoms with Gasteiger partial charge in [0, 0.05) is 18.7 Å². The van der Waals surface area contributed by atoms with Crippen LogP contribution in [0.25, 0.3) is 0 Å². The first-order valence-electron chi connectivity index (χ1n) is 6.21. The van der Waals surface area contributed by atoms with E-state index in [2.05, 4.69) is 15.3 Å². The van der Waals surface area contributed by atoms with Gasteiger partial charge in [0.25, 0.3) is 5.56 Å². The fourth-order valence-corrected chi connectivity index (χ4v) is 2.31. The van der Waals surface area contributed by atoms with Crippen LogP contribution in [0.15, 0.2) is 10.9 Å². The Morgan fingerprint density at radius 1 is 1.47 bits per heavy atom. The normalized spacial score (nSPS) is 24.6. The monoisotopic (exact) mass is 236 g/mol. The Balaban J connectivity index is 1.87. The molecule has 0 atom stereocenters. The average molecular weight is 236 g/mol. The Kier molecular flexibility index (Phi) is 3.78. The molecule has 1 fully saturated rings. The van der Waals surface area contributed by atoms with Gasteiger partial charge in [-0.1, -0.05) is 0 Å². The van der Waals surface area contributed by atoms with Gasteiger partial charge >= 0.3 is 0 Å². The minimum Gasteiger partial charge on any atom is -0.370 e. The zero-order valence-corrected chi connectivity index (χ0v) is 10.2. The molecule has 94 valence electrons. The summed E-state index contributed by atoms with van der Waals surface area (Å²) in [6.07, 6.45) is 4.54. The number of nitrogens with two attached hydrogens (primary N) is 1. The van der Waals surface area contributed by atoms with E-state index < -0.39 is 0 Å². The second kappa shape index (κ2) is 5.31. The highest BCUT2D eigenvalue weighted by atomic mass is 16.1. The van der Waals surface area contributed by atoms with Gasteiger partial charge in [-0.2, -0.15) is 0 Å². The highest BCUT2D eigenvalue weighted by Crippen LogP contribution is 2.23. The lowest BCUT2D eigenvalue weighted by molar-refractivity contribution is 0.338. The smallest absolute Gasteiger partial charge is 0.252 e. The highest BCUT2D eigenvalue weighted by Gasteiger charge is 2.18. The van der Waals surface area contributed by atoms with Gasteiger partial charge in [-0.05, 0) is 38.5 Å². The van der Waals surface area contributed by atoms with Gasteiger partial charge in [-0.25, -0.2) is 4.98 Å². The number of aryl methyl sites for hydroxylation is 1. The zero-order chi connectivity index (χ0) is 12.3. The second-order valence-electron chi connectivity index (χ2n) is 4.88. The van der Waals surface area contributed by atoms with E-state index in [0.29, 0.717) is 23.6 Å². The molecule has 0 radical (unpaired) electrons. The minimum atomic E-state index is -0.106. The van der Waals surface area contributed by atoms with Gasteiger partial charge in [0.05, 0.1) is 0 Å². The first-order chi connectivity index (χ1) is 8.13. The number of anilines is 1. The molecular formula is C12H20N4O. The van der Waals surface area contributed by atoms with Crippen molar-refractivity contribution in [2.75, 3.05) is 11.9 Å². The minimum absolute atomic E-state index is 0.106. The zero-order valence-electron chi connectivity index (χ0n) is 10.2. The number of rotatable bonds is 3. The van der Waals surface area contributed by atoms with Gasteiger partial charge in [0.2, 0.25) is 0 Å². The van der Waals surface area contributed by atoms with Crippen molar-refractivity contribution < 1.29 is 0 Å². The standard InChI is InChI=1S/C12H20N4O/c1-8-15-11(6-12(17)16-8)14-7-9-2-4-10(13)5-3-9/h6,9-10H,2-5,7,13H2,1H3,(H2,14,15,16,17). The summed E-state index contributed by atoms with van der Waals surface area (Å²) in [6.45, 7) is 2.66. The molecular weight excluding hydrogens is 216 g/mol. The summed E-state index contributed by atoms with van der Waals surface area (Å²) < 4.78 is 0. The molecule has 0 spiro atoms. The van der Waals surface area contributed by atoms with Crippen molar-refractivity contribution in [1.29, 1.82) is 0 Å². The second-order valence-corrected chi connectivity index (χ2v) is 4.88. The molecule has 1 aromatic rings. The average Bonchev–Trinajstić information content (AvgIpc) is 2.27. The summed E-state index contributed by atoms with van der Waals surface area (Å²) in [4.78, 5) is 18.1. The summed E-state index contributed by atoms with van der Waals surface area (Å²) in [5.41, 5.74) is 5.76. The molecule has 0 amide bonds. The number of hydrogen-bond donors (Lipinski definition) is 3. The Bertz CT molecular complexity index is 421. The van der Waals surface area contributed by atoms with Gasteiger partial charge in [-0.3, -0.25) is 4.79 Å². The quantitative estimate of drug-likeness (QED) is 0.731. The summed E-state index contributed by atoms with van der Waals surface area (Å²) in [5, 5.41) is 3.24. The molecule has 0 unspecified atom stereocenters. The van der Waals surface area contributed by atoms with Crippen molar-refractivity contribution in [3.8, 4) is 0 Å². The van der Waals surface area contributed by atoms with E-state index in [1.54, 1.807) is 6.92 Å². The largest absolute Gasteiger partial charge is 0.370 e. The van der Waals surface area contributed by atoms with Gasteiger partial charge in [-0.15, -0.1) is 0 Å². The molecule has 5 nitrogen and oxygen atoms in total. The maximum Gasteiger partial charge on any atom is 0.252 e. The summed E-state index contributed by atoms with van der Waals surface area (Å²) in [5.74, 6) is 1.96. The number of aromatic amines is 1. The van der Waals surface area contributed by atoms with Crippen molar-refractivity contribution in [3.05, 3.63) is 22.2 Å². The van der Waals surface area contributed by atoms with Crippen LogP contribution >= 0.6 is 0 Å². The fraction of sp³-hybridized carbons (Fsp3) is 0.667. The van der Waals surface area contributed by atoms with Crippen LogP contribution in [0.2, 0.25) is 0 Å². The highest BCUT2D eigenvalue weighted by molar-refractivity contribution is 5.32. The molecule has 1 aliphatic rings. The third kappa shape index (κ3) is 3.56. The number of nitrogens with one attached hydrogen (secondary N) is 2. The molecule has 0 aliphatic heterocycles. The number of nitrogens with zero attached hydrogens (tertiary/aromatic N) is 1. The van der Waals surface area contributed by atoms with Gasteiger partial charge in [0.1, 0.15) is 11.6 Å². The molecule has 1 heterocycles. The molecule has 2 rings (SSSR count). The lowest BCUT2D eigenvalue weighted by Gasteiger charge is -2.26. The number of H-pyrrole nitrogens is 1. The van der Waals surface area contributed by atoms with Gasteiger partial charge in [0.15, 0.2) is 0 Å². The molecule has 0 saturated heterocycles. The predicted molar refractivity (Wildman–Crippen MR) is 68.0 cm³/mol. The molecule has 0 bridgehead atoms. The van der Waals surface area contributed by atoms with Crippen LogP contribution in [0.1, 0.15) is 31.5 Å². The number of hydrogen-bond acceptors (Lipinski definition) is 4. The van der Waals surface area contributed by atoms with Crippen LogP contribution in [-0.4, -0.2) is 22.6 Å². The summed E-state index contributed by atoms with van der Waals surface area (Å²) in [6, 6.07) is 1.88. The van der Waals surface area contributed by atoms with Crippen LogP contribution in [-0.2, 0) is 0 Å². The van der Waals surface area contributed by atoms with E-state index >= 15 is 0 Å². The van der Waals surface area contributed by atoms with E-state index in [1.807, 2.05) is 0 Å². The maximum absolute atomic E-state index is 11.3. The van der Waals surface area contributed by atoms with E-state index in [-0.39, 0.29) is 5.56 Å². The third-order valence-corrected chi connectivity index (χ3v) is 3.32. The van der Waals surface area contributed by atoms with Crippen LogP contribution in [0.3, 0.4) is 0 Å². The Hall–Kier alpha value is -1.36. The van der Waals surface area contributed by atoms with Crippen molar-refractivity contribution in [1.82, 2.24) is 9.97 Å². The lowest BCUT2D eigenvalue weighted by atomic mass is 9.86.